The van der Waals surface area contributed by atoms with Crippen LogP contribution in [-0.4, -0.2) is 27.5 Å². The molecule has 1 heterocycles. The number of benzene rings is 1. The SMILES string of the molecule is CC12CCC3C4CCC(CF)CC4CCC3C1CCC2C(=O)Cn1nc2ccccc2n1. The summed E-state index contributed by atoms with van der Waals surface area (Å²) in [5, 5.41) is 9.07. The summed E-state index contributed by atoms with van der Waals surface area (Å²) in [6.07, 6.45) is 10.7. The van der Waals surface area contributed by atoms with Crippen molar-refractivity contribution in [3.05, 3.63) is 24.3 Å². The predicted octanol–water partition coefficient (Wildman–Crippen LogP) is 5.85. The zero-order valence-electron chi connectivity index (χ0n) is 19.3. The van der Waals surface area contributed by atoms with Gasteiger partial charge in [0.05, 0.1) is 6.67 Å². The van der Waals surface area contributed by atoms with Crippen LogP contribution < -0.4 is 0 Å². The molecule has 0 amide bonds. The van der Waals surface area contributed by atoms with Crippen molar-refractivity contribution in [2.24, 2.45) is 46.8 Å². The topological polar surface area (TPSA) is 47.8 Å². The van der Waals surface area contributed by atoms with Crippen molar-refractivity contribution in [2.45, 2.75) is 71.3 Å². The molecule has 32 heavy (non-hydrogen) atoms. The van der Waals surface area contributed by atoms with Crippen molar-refractivity contribution < 1.29 is 9.18 Å². The molecule has 8 unspecified atom stereocenters. The van der Waals surface area contributed by atoms with E-state index in [1.807, 2.05) is 24.3 Å². The maximum absolute atomic E-state index is 13.5. The molecule has 0 spiro atoms. The van der Waals surface area contributed by atoms with Crippen LogP contribution in [0.15, 0.2) is 24.3 Å². The number of rotatable bonds is 4. The van der Waals surface area contributed by atoms with Gasteiger partial charge in [0, 0.05) is 5.92 Å². The summed E-state index contributed by atoms with van der Waals surface area (Å²) in [7, 11) is 0. The molecular weight excluding hydrogens is 401 g/mol. The molecule has 4 aliphatic carbocycles. The molecule has 8 atom stereocenters. The highest BCUT2D eigenvalue weighted by atomic mass is 19.1. The van der Waals surface area contributed by atoms with Gasteiger partial charge in [0.1, 0.15) is 17.6 Å². The minimum absolute atomic E-state index is 0.123. The van der Waals surface area contributed by atoms with Gasteiger partial charge >= 0.3 is 0 Å². The van der Waals surface area contributed by atoms with Crippen LogP contribution in [0.3, 0.4) is 0 Å². The first-order valence-electron chi connectivity index (χ1n) is 13.0. The lowest BCUT2D eigenvalue weighted by atomic mass is 9.49. The van der Waals surface area contributed by atoms with Crippen LogP contribution in [-0.2, 0) is 11.3 Å². The van der Waals surface area contributed by atoms with E-state index < -0.39 is 0 Å². The van der Waals surface area contributed by atoms with Gasteiger partial charge in [0.25, 0.3) is 0 Å². The quantitative estimate of drug-likeness (QED) is 0.602. The maximum atomic E-state index is 13.5. The summed E-state index contributed by atoms with van der Waals surface area (Å²) >= 11 is 0. The first kappa shape index (κ1) is 20.8. The van der Waals surface area contributed by atoms with Gasteiger partial charge in [0.15, 0.2) is 5.78 Å². The average Bonchev–Trinajstić information content (AvgIpc) is 3.38. The molecule has 1 aromatic carbocycles. The van der Waals surface area contributed by atoms with Crippen LogP contribution in [0.5, 0.6) is 0 Å². The number of halogens is 1. The fraction of sp³-hybridized carbons (Fsp3) is 0.741. The first-order valence-corrected chi connectivity index (χ1v) is 13.0. The lowest BCUT2D eigenvalue weighted by molar-refractivity contribution is -0.131. The Morgan fingerprint density at radius 2 is 1.75 bits per heavy atom. The second-order valence-corrected chi connectivity index (χ2v) is 11.6. The van der Waals surface area contributed by atoms with E-state index >= 15 is 0 Å². The van der Waals surface area contributed by atoms with E-state index in [1.54, 1.807) is 4.80 Å². The molecule has 1 aromatic heterocycles. The van der Waals surface area contributed by atoms with Crippen molar-refractivity contribution in [3.63, 3.8) is 0 Å². The minimum Gasteiger partial charge on any atom is -0.297 e. The number of hydrogen-bond donors (Lipinski definition) is 0. The number of nitrogens with zero attached hydrogens (tertiary/aromatic N) is 3. The van der Waals surface area contributed by atoms with E-state index in [0.717, 1.165) is 54.0 Å². The third kappa shape index (κ3) is 3.25. The Morgan fingerprint density at radius 3 is 2.50 bits per heavy atom. The van der Waals surface area contributed by atoms with Crippen LogP contribution in [0.2, 0.25) is 0 Å². The highest BCUT2D eigenvalue weighted by molar-refractivity contribution is 5.82. The average molecular weight is 438 g/mol. The van der Waals surface area contributed by atoms with Gasteiger partial charge in [0.2, 0.25) is 0 Å². The first-order chi connectivity index (χ1) is 15.6. The molecular formula is C27H36FN3O. The van der Waals surface area contributed by atoms with Crippen molar-refractivity contribution in [2.75, 3.05) is 6.67 Å². The van der Waals surface area contributed by atoms with E-state index in [9.17, 15) is 9.18 Å². The molecule has 0 aliphatic heterocycles. The van der Waals surface area contributed by atoms with Gasteiger partial charge in [-0.25, -0.2) is 0 Å². The lowest BCUT2D eigenvalue weighted by Gasteiger charge is -2.56. The number of alkyl halides is 1. The summed E-state index contributed by atoms with van der Waals surface area (Å²) in [5.74, 6) is 4.64. The van der Waals surface area contributed by atoms with Crippen LogP contribution in [0, 0.1) is 46.8 Å². The van der Waals surface area contributed by atoms with E-state index in [2.05, 4.69) is 17.1 Å². The molecule has 172 valence electrons. The van der Waals surface area contributed by atoms with Gasteiger partial charge in [-0.15, -0.1) is 0 Å². The molecule has 0 radical (unpaired) electrons. The third-order valence-electron chi connectivity index (χ3n) is 10.3. The minimum atomic E-state index is -0.123. The highest BCUT2D eigenvalue weighted by Gasteiger charge is 2.58. The van der Waals surface area contributed by atoms with Gasteiger partial charge in [-0.05, 0) is 111 Å². The van der Waals surface area contributed by atoms with Crippen LogP contribution in [0.4, 0.5) is 4.39 Å². The largest absolute Gasteiger partial charge is 0.297 e. The van der Waals surface area contributed by atoms with Gasteiger partial charge in [-0.2, -0.15) is 15.0 Å². The van der Waals surface area contributed by atoms with Crippen LogP contribution >= 0.6 is 0 Å². The lowest BCUT2D eigenvalue weighted by Crippen LogP contribution is -2.49. The Balaban J connectivity index is 1.17. The van der Waals surface area contributed by atoms with Crippen molar-refractivity contribution >= 4 is 16.8 Å². The zero-order chi connectivity index (χ0) is 21.9. The van der Waals surface area contributed by atoms with Crippen LogP contribution in [0.25, 0.3) is 11.0 Å². The highest BCUT2D eigenvalue weighted by Crippen LogP contribution is 2.64. The summed E-state index contributed by atoms with van der Waals surface area (Å²) in [4.78, 5) is 15.1. The fourth-order valence-corrected chi connectivity index (χ4v) is 8.84. The fourth-order valence-electron chi connectivity index (χ4n) is 8.84. The number of carbonyl (C=O) groups excluding carboxylic acids is 1. The smallest absolute Gasteiger partial charge is 0.159 e. The Labute approximate surface area is 190 Å². The number of fused-ring (bicyclic) bond motifs is 6. The van der Waals surface area contributed by atoms with Crippen molar-refractivity contribution in [3.8, 4) is 0 Å². The van der Waals surface area contributed by atoms with Crippen molar-refractivity contribution in [1.29, 1.82) is 0 Å². The molecule has 0 bridgehead atoms. The Morgan fingerprint density at radius 1 is 1.00 bits per heavy atom. The Bertz CT molecular complexity index is 971. The number of ketones is 1. The summed E-state index contributed by atoms with van der Waals surface area (Å²) in [5.41, 5.74) is 1.85. The number of Topliss-reactive ketones (excluding diaryl/α,β-unsaturated/α-hetero) is 1. The Kier molecular flexibility index (Phi) is 5.15. The van der Waals surface area contributed by atoms with Crippen LogP contribution in [0.1, 0.15) is 64.7 Å². The maximum Gasteiger partial charge on any atom is 0.159 e. The summed E-state index contributed by atoms with van der Waals surface area (Å²) < 4.78 is 13.3. The van der Waals surface area contributed by atoms with Gasteiger partial charge in [-0.3, -0.25) is 9.18 Å². The summed E-state index contributed by atoms with van der Waals surface area (Å²) in [6, 6.07) is 7.83. The molecule has 6 rings (SSSR count). The second kappa shape index (κ2) is 7.92. The molecule has 4 aliphatic rings. The predicted molar refractivity (Wildman–Crippen MR) is 123 cm³/mol. The number of hydrogen-bond acceptors (Lipinski definition) is 3. The van der Waals surface area contributed by atoms with E-state index in [4.69, 9.17) is 0 Å². The molecule has 0 N–H and O–H groups in total. The van der Waals surface area contributed by atoms with E-state index in [0.29, 0.717) is 24.2 Å². The van der Waals surface area contributed by atoms with E-state index in [-0.39, 0.29) is 18.0 Å². The summed E-state index contributed by atoms with van der Waals surface area (Å²) in [6.45, 7) is 2.59. The van der Waals surface area contributed by atoms with Gasteiger partial charge in [-0.1, -0.05) is 19.1 Å². The standard InChI is InChI=1S/C27H36FN3O/c1-27-13-12-20-19-8-6-17(15-28)14-18(19)7-9-21(20)22(27)10-11-23(27)26(32)16-31-29-24-4-2-3-5-25(24)30-31/h2-5,17-23H,6-16H2,1H3. The second-order valence-electron chi connectivity index (χ2n) is 11.6. The van der Waals surface area contributed by atoms with Gasteiger partial charge < -0.3 is 0 Å². The molecule has 0 saturated heterocycles. The number of carbonyl (C=O) groups is 1. The molecule has 2 aromatic rings. The molecule has 4 saturated carbocycles. The van der Waals surface area contributed by atoms with Crippen molar-refractivity contribution in [1.82, 2.24) is 15.0 Å². The molecule has 4 fully saturated rings. The normalized spacial score (nSPS) is 41.1. The third-order valence-corrected chi connectivity index (χ3v) is 10.3. The Hall–Kier alpha value is -1.78. The molecule has 5 heteroatoms. The monoisotopic (exact) mass is 437 g/mol. The molecule has 4 nitrogen and oxygen atoms in total. The van der Waals surface area contributed by atoms with E-state index in [1.165, 1.54) is 38.5 Å². The zero-order valence-corrected chi connectivity index (χ0v) is 19.3. The number of aromatic nitrogens is 3.